The summed E-state index contributed by atoms with van der Waals surface area (Å²) in [7, 11) is 0. The Labute approximate surface area is 135 Å². The fourth-order valence-corrected chi connectivity index (χ4v) is 3.16. The minimum absolute atomic E-state index is 0.0296. The van der Waals surface area contributed by atoms with Crippen LogP contribution in [0.15, 0.2) is 6.07 Å². The number of nitriles is 1. The van der Waals surface area contributed by atoms with Crippen LogP contribution in [0, 0.1) is 37.0 Å². The number of amides is 1. The highest BCUT2D eigenvalue weighted by Crippen LogP contribution is 2.33. The predicted octanol–water partition coefficient (Wildman–Crippen LogP) is 1.53. The molecule has 0 unspecified atom stereocenters. The molecule has 6 heteroatoms. The standard InChI is InChI=1S/C17H20N4O2/c1-10-5-15(20-11(2)19-10)14(7-18)17(23)13-6-16(22)21(9-13)8-12-3-4-12/h5,12-14H,3-4,6,8-9H2,1-2H3/t13-,14-/m1/s1. The van der Waals surface area contributed by atoms with Crippen molar-refractivity contribution in [2.75, 3.05) is 13.1 Å². The van der Waals surface area contributed by atoms with Crippen LogP contribution in [-0.2, 0) is 9.59 Å². The van der Waals surface area contributed by atoms with Crippen molar-refractivity contribution in [1.29, 1.82) is 5.26 Å². The molecule has 0 bridgehead atoms. The van der Waals surface area contributed by atoms with Gasteiger partial charge in [0.15, 0.2) is 5.78 Å². The molecule has 1 aromatic heterocycles. The summed E-state index contributed by atoms with van der Waals surface area (Å²) in [5.41, 5.74) is 1.18. The Morgan fingerprint density at radius 2 is 2.17 bits per heavy atom. The zero-order chi connectivity index (χ0) is 16.6. The van der Waals surface area contributed by atoms with Gasteiger partial charge in [-0.25, -0.2) is 9.97 Å². The molecule has 120 valence electrons. The minimum atomic E-state index is -0.922. The normalized spacial score (nSPS) is 22.0. The third kappa shape index (κ3) is 3.39. The molecule has 1 aliphatic carbocycles. The zero-order valence-corrected chi connectivity index (χ0v) is 13.5. The first kappa shape index (κ1) is 15.6. The summed E-state index contributed by atoms with van der Waals surface area (Å²) in [6.07, 6.45) is 2.55. The first-order chi connectivity index (χ1) is 11.0. The monoisotopic (exact) mass is 312 g/mol. The van der Waals surface area contributed by atoms with E-state index in [1.165, 1.54) is 12.8 Å². The molecule has 23 heavy (non-hydrogen) atoms. The first-order valence-electron chi connectivity index (χ1n) is 8.01. The maximum absolute atomic E-state index is 12.7. The van der Waals surface area contributed by atoms with Gasteiger partial charge in [-0.05, 0) is 38.7 Å². The summed E-state index contributed by atoms with van der Waals surface area (Å²) in [4.78, 5) is 35.0. The topological polar surface area (TPSA) is 87.0 Å². The molecule has 0 spiro atoms. The van der Waals surface area contributed by atoms with Crippen molar-refractivity contribution in [2.24, 2.45) is 11.8 Å². The number of rotatable bonds is 5. The Bertz CT molecular complexity index is 670. The number of likely N-dealkylation sites (tertiary alicyclic amines) is 1. The molecule has 2 fully saturated rings. The van der Waals surface area contributed by atoms with Gasteiger partial charge >= 0.3 is 0 Å². The quantitative estimate of drug-likeness (QED) is 0.823. The van der Waals surface area contributed by atoms with Crippen LogP contribution in [0.5, 0.6) is 0 Å². The second kappa shape index (κ2) is 6.07. The molecule has 0 aromatic carbocycles. The van der Waals surface area contributed by atoms with E-state index in [9.17, 15) is 14.9 Å². The molecule has 3 rings (SSSR count). The molecule has 0 radical (unpaired) electrons. The van der Waals surface area contributed by atoms with Crippen LogP contribution < -0.4 is 0 Å². The van der Waals surface area contributed by atoms with Gasteiger partial charge in [-0.2, -0.15) is 5.26 Å². The van der Waals surface area contributed by atoms with E-state index >= 15 is 0 Å². The van der Waals surface area contributed by atoms with Crippen molar-refractivity contribution in [3.8, 4) is 6.07 Å². The summed E-state index contributed by atoms with van der Waals surface area (Å²) < 4.78 is 0. The second-order valence-electron chi connectivity index (χ2n) is 6.59. The number of ketones is 1. The van der Waals surface area contributed by atoms with Crippen molar-refractivity contribution in [1.82, 2.24) is 14.9 Å². The smallest absolute Gasteiger partial charge is 0.223 e. The van der Waals surface area contributed by atoms with E-state index in [1.807, 2.05) is 6.92 Å². The van der Waals surface area contributed by atoms with Crippen LogP contribution >= 0.6 is 0 Å². The van der Waals surface area contributed by atoms with Crippen molar-refractivity contribution >= 4 is 11.7 Å². The average molecular weight is 312 g/mol. The lowest BCUT2D eigenvalue weighted by Gasteiger charge is -2.17. The van der Waals surface area contributed by atoms with E-state index in [2.05, 4.69) is 16.0 Å². The van der Waals surface area contributed by atoms with Gasteiger partial charge in [0.2, 0.25) is 5.91 Å². The number of carbonyl (C=O) groups excluding carboxylic acids is 2. The van der Waals surface area contributed by atoms with E-state index < -0.39 is 11.8 Å². The maximum atomic E-state index is 12.7. The minimum Gasteiger partial charge on any atom is -0.342 e. The molecule has 2 aliphatic rings. The highest BCUT2D eigenvalue weighted by molar-refractivity contribution is 5.95. The Hall–Kier alpha value is -2.29. The van der Waals surface area contributed by atoms with Crippen LogP contribution in [0.4, 0.5) is 0 Å². The summed E-state index contributed by atoms with van der Waals surface area (Å²) in [5, 5.41) is 9.45. The molecule has 0 N–H and O–H groups in total. The lowest BCUT2D eigenvalue weighted by Crippen LogP contribution is -2.29. The fraction of sp³-hybridized carbons (Fsp3) is 0.588. The number of aryl methyl sites for hydroxylation is 2. The van der Waals surface area contributed by atoms with E-state index in [4.69, 9.17) is 0 Å². The van der Waals surface area contributed by atoms with Gasteiger partial charge in [0.25, 0.3) is 0 Å². The molecular weight excluding hydrogens is 292 g/mol. The van der Waals surface area contributed by atoms with Gasteiger partial charge in [-0.3, -0.25) is 9.59 Å². The van der Waals surface area contributed by atoms with E-state index in [1.54, 1.807) is 17.9 Å². The number of hydrogen-bond acceptors (Lipinski definition) is 5. The number of carbonyl (C=O) groups is 2. The Kier molecular flexibility index (Phi) is 4.12. The lowest BCUT2D eigenvalue weighted by atomic mass is 9.90. The maximum Gasteiger partial charge on any atom is 0.223 e. The summed E-state index contributed by atoms with van der Waals surface area (Å²) in [5.74, 6) is -0.341. The van der Waals surface area contributed by atoms with Gasteiger partial charge < -0.3 is 4.90 Å². The summed E-state index contributed by atoms with van der Waals surface area (Å²) in [6, 6.07) is 3.74. The van der Waals surface area contributed by atoms with Gasteiger partial charge in [0.1, 0.15) is 11.7 Å². The molecule has 2 atom stereocenters. The molecule has 1 aliphatic heterocycles. The number of Topliss-reactive ketones (excluding diaryl/α,β-unsaturated/α-hetero) is 1. The van der Waals surface area contributed by atoms with Gasteiger partial charge in [0.05, 0.1) is 11.8 Å². The summed E-state index contributed by atoms with van der Waals surface area (Å²) >= 11 is 0. The lowest BCUT2D eigenvalue weighted by molar-refractivity contribution is -0.128. The molecular formula is C17H20N4O2. The fourth-order valence-electron chi connectivity index (χ4n) is 3.16. The Morgan fingerprint density at radius 3 is 2.78 bits per heavy atom. The molecule has 6 nitrogen and oxygen atoms in total. The van der Waals surface area contributed by atoms with Crippen molar-refractivity contribution in [3.63, 3.8) is 0 Å². The number of hydrogen-bond donors (Lipinski definition) is 0. The van der Waals surface area contributed by atoms with E-state index in [0.717, 1.165) is 12.2 Å². The molecule has 2 heterocycles. The molecule has 1 saturated heterocycles. The predicted molar refractivity (Wildman–Crippen MR) is 82.3 cm³/mol. The number of aromatic nitrogens is 2. The van der Waals surface area contributed by atoms with Gasteiger partial charge in [-0.15, -0.1) is 0 Å². The Morgan fingerprint density at radius 1 is 1.43 bits per heavy atom. The second-order valence-corrected chi connectivity index (χ2v) is 6.59. The zero-order valence-electron chi connectivity index (χ0n) is 13.5. The molecule has 1 aromatic rings. The number of nitrogens with zero attached hydrogens (tertiary/aromatic N) is 4. The third-order valence-corrected chi connectivity index (χ3v) is 4.49. The molecule has 1 saturated carbocycles. The van der Waals surface area contributed by atoms with E-state index in [-0.39, 0.29) is 18.1 Å². The van der Waals surface area contributed by atoms with Crippen LogP contribution in [-0.4, -0.2) is 39.6 Å². The van der Waals surface area contributed by atoms with Crippen LogP contribution in [0.1, 0.15) is 42.4 Å². The average Bonchev–Trinajstić information content (AvgIpc) is 3.21. The SMILES string of the molecule is Cc1cc([C@@H](C#N)C(=O)[C@@H]2CC(=O)N(CC3CC3)C2)nc(C)n1. The highest BCUT2D eigenvalue weighted by Gasteiger charge is 2.40. The van der Waals surface area contributed by atoms with Crippen molar-refractivity contribution in [3.05, 3.63) is 23.3 Å². The van der Waals surface area contributed by atoms with Crippen LogP contribution in [0.3, 0.4) is 0 Å². The molecule has 1 amide bonds. The van der Waals surface area contributed by atoms with Gasteiger partial charge in [0, 0.05) is 31.1 Å². The largest absolute Gasteiger partial charge is 0.342 e. The highest BCUT2D eigenvalue weighted by atomic mass is 16.2. The third-order valence-electron chi connectivity index (χ3n) is 4.49. The Balaban J connectivity index is 1.75. The van der Waals surface area contributed by atoms with Gasteiger partial charge in [-0.1, -0.05) is 0 Å². The first-order valence-corrected chi connectivity index (χ1v) is 8.01. The summed E-state index contributed by atoms with van der Waals surface area (Å²) in [6.45, 7) is 4.75. The van der Waals surface area contributed by atoms with Crippen LogP contribution in [0.2, 0.25) is 0 Å². The van der Waals surface area contributed by atoms with E-state index in [0.29, 0.717) is 24.0 Å². The van der Waals surface area contributed by atoms with Crippen LogP contribution in [0.25, 0.3) is 0 Å². The van der Waals surface area contributed by atoms with Crippen molar-refractivity contribution in [2.45, 2.75) is 39.0 Å². The van der Waals surface area contributed by atoms with Crippen molar-refractivity contribution < 1.29 is 9.59 Å².